The molecular formula is C35H50F3NO7. The van der Waals surface area contributed by atoms with E-state index in [2.05, 4.69) is 6.92 Å². The van der Waals surface area contributed by atoms with E-state index in [1.807, 2.05) is 37.3 Å². The maximum Gasteiger partial charge on any atom is 0.471 e. The highest BCUT2D eigenvalue weighted by atomic mass is 19.4. The lowest BCUT2D eigenvalue weighted by Crippen LogP contribution is -2.55. The minimum atomic E-state index is -4.97. The summed E-state index contributed by atoms with van der Waals surface area (Å²) in [5.41, 5.74) is 0.281. The minimum absolute atomic E-state index is 0.00211. The van der Waals surface area contributed by atoms with Gasteiger partial charge in [-0.15, -0.1) is 0 Å². The van der Waals surface area contributed by atoms with Gasteiger partial charge in [-0.3, -0.25) is 14.4 Å². The van der Waals surface area contributed by atoms with Crippen LogP contribution in [0.15, 0.2) is 30.3 Å². The van der Waals surface area contributed by atoms with Crippen molar-refractivity contribution in [3.05, 3.63) is 35.9 Å². The Hall–Kier alpha value is -2.66. The van der Waals surface area contributed by atoms with Gasteiger partial charge in [0.25, 0.3) is 0 Å². The molecule has 0 spiro atoms. The molecule has 1 aliphatic heterocycles. The fourth-order valence-corrected chi connectivity index (χ4v) is 7.47. The quantitative estimate of drug-likeness (QED) is 0.139. The number of carbonyl (C=O) groups is 3. The maximum atomic E-state index is 13.4. The fraction of sp³-hybridized carbons (Fsp3) is 0.743. The Kier molecular flexibility index (Phi) is 12.2. The molecule has 1 amide bonds. The highest BCUT2D eigenvalue weighted by Gasteiger charge is 2.51. The van der Waals surface area contributed by atoms with Crippen LogP contribution in [-0.4, -0.2) is 67.1 Å². The summed E-state index contributed by atoms with van der Waals surface area (Å²) in [6, 6.07) is 9.06. The van der Waals surface area contributed by atoms with Crippen molar-refractivity contribution in [2.75, 3.05) is 13.8 Å². The molecule has 1 unspecified atom stereocenters. The third kappa shape index (κ3) is 9.24. The second kappa shape index (κ2) is 15.5. The van der Waals surface area contributed by atoms with Gasteiger partial charge in [0.05, 0.1) is 24.5 Å². The lowest BCUT2D eigenvalue weighted by atomic mass is 9.58. The van der Waals surface area contributed by atoms with Gasteiger partial charge in [-0.2, -0.15) is 13.2 Å². The van der Waals surface area contributed by atoms with Crippen molar-refractivity contribution in [1.29, 1.82) is 0 Å². The zero-order valence-electron chi connectivity index (χ0n) is 27.7. The number of ether oxygens (including phenoxy) is 4. The van der Waals surface area contributed by atoms with Crippen LogP contribution in [0.2, 0.25) is 0 Å². The Morgan fingerprint density at radius 1 is 1.04 bits per heavy atom. The average Bonchev–Trinajstić information content (AvgIpc) is 3.01. The smallest absolute Gasteiger partial charge is 0.462 e. The van der Waals surface area contributed by atoms with Crippen molar-refractivity contribution >= 4 is 17.8 Å². The second-order valence-electron chi connectivity index (χ2n) is 14.1. The van der Waals surface area contributed by atoms with Crippen molar-refractivity contribution in [2.45, 2.75) is 123 Å². The molecule has 0 N–H and O–H groups in total. The van der Waals surface area contributed by atoms with Gasteiger partial charge in [0.15, 0.2) is 0 Å². The Morgan fingerprint density at radius 2 is 1.76 bits per heavy atom. The van der Waals surface area contributed by atoms with E-state index in [9.17, 15) is 27.6 Å². The summed E-state index contributed by atoms with van der Waals surface area (Å²) < 4.78 is 63.6. The highest BCUT2D eigenvalue weighted by Crippen LogP contribution is 2.50. The predicted molar refractivity (Wildman–Crippen MR) is 164 cm³/mol. The van der Waals surface area contributed by atoms with Crippen LogP contribution in [0.3, 0.4) is 0 Å². The molecular weight excluding hydrogens is 603 g/mol. The first-order chi connectivity index (χ1) is 21.7. The molecule has 46 heavy (non-hydrogen) atoms. The first kappa shape index (κ1) is 36.2. The largest absolute Gasteiger partial charge is 0.471 e. The highest BCUT2D eigenvalue weighted by molar-refractivity contribution is 5.82. The van der Waals surface area contributed by atoms with E-state index >= 15 is 0 Å². The Labute approximate surface area is 270 Å². The Balaban J connectivity index is 1.42. The number of cyclic esters (lactones) is 1. The third-order valence-electron chi connectivity index (χ3n) is 10.6. The van der Waals surface area contributed by atoms with Crippen LogP contribution < -0.4 is 0 Å². The molecule has 2 aliphatic carbocycles. The van der Waals surface area contributed by atoms with Crippen molar-refractivity contribution < 1.29 is 46.5 Å². The average molecular weight is 654 g/mol. The van der Waals surface area contributed by atoms with Gasteiger partial charge in [-0.05, 0) is 69.3 Å². The molecule has 1 heterocycles. The zero-order valence-corrected chi connectivity index (χ0v) is 27.7. The van der Waals surface area contributed by atoms with Gasteiger partial charge in [0.1, 0.15) is 19.0 Å². The monoisotopic (exact) mass is 653 g/mol. The number of alkyl halides is 3. The Morgan fingerprint density at radius 3 is 2.43 bits per heavy atom. The standard InChI is InChI=1S/C35H50F3NO7/c1-6-34(3,4)33(42)46-29-17-25(39(5)32(41)35(36,37)38)16-24-13-12-22(2)28(31(24)29)15-14-26-18-27(19-30(40)45-26)44-21-43-20-23-10-8-7-9-11-23/h7-11,22,24-29,31H,6,12-21H2,1-5H3/t22-,24-,25-,26?,27+,28-,29-,31-/m0/s1. The molecule has 0 bridgehead atoms. The summed E-state index contributed by atoms with van der Waals surface area (Å²) >= 11 is 0. The van der Waals surface area contributed by atoms with Crippen LogP contribution >= 0.6 is 0 Å². The van der Waals surface area contributed by atoms with Gasteiger partial charge in [-0.25, -0.2) is 0 Å². The lowest BCUT2D eigenvalue weighted by Gasteiger charge is -2.52. The summed E-state index contributed by atoms with van der Waals surface area (Å²) in [5.74, 6) is -2.24. The molecule has 8 atom stereocenters. The molecule has 8 nitrogen and oxygen atoms in total. The van der Waals surface area contributed by atoms with Crippen LogP contribution in [0, 0.1) is 29.1 Å². The van der Waals surface area contributed by atoms with E-state index < -0.39 is 29.6 Å². The zero-order chi connectivity index (χ0) is 33.6. The van der Waals surface area contributed by atoms with E-state index in [0.717, 1.165) is 23.3 Å². The van der Waals surface area contributed by atoms with Crippen molar-refractivity contribution in [1.82, 2.24) is 4.90 Å². The molecule has 0 aromatic heterocycles. The fourth-order valence-electron chi connectivity index (χ4n) is 7.47. The third-order valence-corrected chi connectivity index (χ3v) is 10.6. The molecule has 0 radical (unpaired) electrons. The molecule has 1 aromatic rings. The number of fused-ring (bicyclic) bond motifs is 1. The van der Waals surface area contributed by atoms with Gasteiger partial charge in [0, 0.05) is 31.8 Å². The summed E-state index contributed by atoms with van der Waals surface area (Å²) in [4.78, 5) is 38.8. The number of hydrogen-bond acceptors (Lipinski definition) is 7. The molecule has 3 fully saturated rings. The first-order valence-electron chi connectivity index (χ1n) is 16.7. The number of benzene rings is 1. The van der Waals surface area contributed by atoms with E-state index in [1.165, 1.54) is 7.05 Å². The SMILES string of the molecule is CCC(C)(C)C(=O)O[C@H]1C[C@@H](N(C)C(=O)C(F)(F)F)C[C@@H]2CC[C@H](C)[C@H](CCC3C[C@@H](OCOCc4ccccc4)CC(=O)O3)[C@H]21. The van der Waals surface area contributed by atoms with E-state index in [-0.39, 0.29) is 67.5 Å². The molecule has 1 saturated heterocycles. The van der Waals surface area contributed by atoms with Crippen molar-refractivity contribution in [2.24, 2.45) is 29.1 Å². The molecule has 258 valence electrons. The summed E-state index contributed by atoms with van der Waals surface area (Å²) in [6.45, 7) is 8.14. The Bertz CT molecular complexity index is 1180. The van der Waals surface area contributed by atoms with E-state index in [1.54, 1.807) is 13.8 Å². The minimum Gasteiger partial charge on any atom is -0.462 e. The summed E-state index contributed by atoms with van der Waals surface area (Å²) in [5, 5.41) is 0. The van der Waals surface area contributed by atoms with Gasteiger partial charge < -0.3 is 23.8 Å². The summed E-state index contributed by atoms with van der Waals surface area (Å²) in [6.07, 6.45) is -1.42. The number of halogens is 3. The number of hydrogen-bond donors (Lipinski definition) is 0. The van der Waals surface area contributed by atoms with Crippen LogP contribution in [0.4, 0.5) is 13.2 Å². The van der Waals surface area contributed by atoms with Crippen LogP contribution in [-0.2, 0) is 39.9 Å². The van der Waals surface area contributed by atoms with Crippen LogP contribution in [0.1, 0.15) is 91.0 Å². The van der Waals surface area contributed by atoms with E-state index in [4.69, 9.17) is 18.9 Å². The number of carbonyl (C=O) groups excluding carboxylic acids is 3. The van der Waals surface area contributed by atoms with Gasteiger partial charge in [0.2, 0.25) is 0 Å². The van der Waals surface area contributed by atoms with E-state index in [0.29, 0.717) is 38.7 Å². The number of nitrogens with zero attached hydrogens (tertiary/aromatic N) is 1. The summed E-state index contributed by atoms with van der Waals surface area (Å²) in [7, 11) is 1.20. The molecule has 11 heteroatoms. The molecule has 2 saturated carbocycles. The van der Waals surface area contributed by atoms with Crippen molar-refractivity contribution in [3.8, 4) is 0 Å². The molecule has 4 rings (SSSR count). The normalized spacial score (nSPS) is 30.2. The number of rotatable bonds is 12. The number of esters is 2. The first-order valence-corrected chi connectivity index (χ1v) is 16.7. The predicted octanol–water partition coefficient (Wildman–Crippen LogP) is 6.84. The number of amides is 1. The molecule has 3 aliphatic rings. The van der Waals surface area contributed by atoms with Crippen molar-refractivity contribution in [3.63, 3.8) is 0 Å². The van der Waals surface area contributed by atoms with Gasteiger partial charge >= 0.3 is 24.0 Å². The second-order valence-corrected chi connectivity index (χ2v) is 14.1. The van der Waals surface area contributed by atoms with Crippen LogP contribution in [0.5, 0.6) is 0 Å². The topological polar surface area (TPSA) is 91.4 Å². The molecule has 1 aromatic carbocycles. The van der Waals surface area contributed by atoms with Crippen LogP contribution in [0.25, 0.3) is 0 Å². The lowest BCUT2D eigenvalue weighted by molar-refractivity contribution is -0.192. The maximum absolute atomic E-state index is 13.4. The van der Waals surface area contributed by atoms with Gasteiger partial charge in [-0.1, -0.05) is 50.6 Å².